The van der Waals surface area contributed by atoms with Gasteiger partial charge < -0.3 is 15.3 Å². The van der Waals surface area contributed by atoms with E-state index < -0.39 is 12.0 Å². The Morgan fingerprint density at radius 2 is 1.60 bits per heavy atom. The second kappa shape index (κ2) is 10.4. The van der Waals surface area contributed by atoms with Crippen molar-refractivity contribution in [1.29, 1.82) is 0 Å². The van der Waals surface area contributed by atoms with Crippen LogP contribution < -0.4 is 5.32 Å². The number of carboxylic acids is 1. The van der Waals surface area contributed by atoms with Gasteiger partial charge in [-0.2, -0.15) is 0 Å². The molecular formula is C24H26N2O4. The Hall–Kier alpha value is -3.41. The molecule has 1 heterocycles. The number of benzene rings is 2. The van der Waals surface area contributed by atoms with Crippen LogP contribution in [0.1, 0.15) is 36.4 Å². The summed E-state index contributed by atoms with van der Waals surface area (Å²) in [6, 6.07) is 18.2. The Balaban J connectivity index is 1.53. The van der Waals surface area contributed by atoms with Crippen LogP contribution in [0.5, 0.6) is 0 Å². The van der Waals surface area contributed by atoms with Gasteiger partial charge in [-0.25, -0.2) is 0 Å². The Kier molecular flexibility index (Phi) is 7.38. The number of hydrogen-bond donors (Lipinski definition) is 2. The standard InChI is InChI=1S/C24H26N2O4/c27-22(12-11-18-7-3-1-4-8-18)26-15-13-20(14-16-26)24(30)25-21(17-23(28)29)19-9-5-2-6-10-19/h1-12,20-21H,13-17H2,(H,25,30)(H,28,29)/b12-11+. The highest BCUT2D eigenvalue weighted by Crippen LogP contribution is 2.22. The van der Waals surface area contributed by atoms with E-state index in [1.165, 1.54) is 0 Å². The minimum absolute atomic E-state index is 0.0641. The van der Waals surface area contributed by atoms with Crippen LogP contribution >= 0.6 is 0 Å². The molecule has 0 aliphatic carbocycles. The Labute approximate surface area is 176 Å². The maximum atomic E-state index is 12.7. The van der Waals surface area contributed by atoms with E-state index in [-0.39, 0.29) is 24.2 Å². The molecule has 1 aliphatic heterocycles. The highest BCUT2D eigenvalue weighted by atomic mass is 16.4. The summed E-state index contributed by atoms with van der Waals surface area (Å²) < 4.78 is 0. The topological polar surface area (TPSA) is 86.7 Å². The van der Waals surface area contributed by atoms with Gasteiger partial charge in [0.15, 0.2) is 0 Å². The molecule has 2 aromatic carbocycles. The molecule has 1 fully saturated rings. The van der Waals surface area contributed by atoms with Crippen LogP contribution in [-0.2, 0) is 14.4 Å². The molecule has 3 rings (SSSR count). The van der Waals surface area contributed by atoms with E-state index in [0.29, 0.717) is 25.9 Å². The lowest BCUT2D eigenvalue weighted by Gasteiger charge is -2.31. The van der Waals surface area contributed by atoms with Gasteiger partial charge in [0.25, 0.3) is 0 Å². The van der Waals surface area contributed by atoms with Gasteiger partial charge in [0.1, 0.15) is 0 Å². The summed E-state index contributed by atoms with van der Waals surface area (Å²) in [5, 5.41) is 12.1. The van der Waals surface area contributed by atoms with Crippen molar-refractivity contribution in [2.24, 2.45) is 5.92 Å². The normalized spacial score (nSPS) is 15.7. The number of carbonyl (C=O) groups excluding carboxylic acids is 2. The fourth-order valence-electron chi connectivity index (χ4n) is 3.60. The van der Waals surface area contributed by atoms with E-state index in [0.717, 1.165) is 11.1 Å². The molecule has 156 valence electrons. The molecule has 0 saturated carbocycles. The average Bonchev–Trinajstić information content (AvgIpc) is 2.78. The first kappa shape index (κ1) is 21.3. The molecule has 0 aromatic heterocycles. The number of hydrogen-bond acceptors (Lipinski definition) is 3. The van der Waals surface area contributed by atoms with Crippen molar-refractivity contribution in [2.45, 2.75) is 25.3 Å². The summed E-state index contributed by atoms with van der Waals surface area (Å²) in [6.45, 7) is 1.01. The Bertz CT molecular complexity index is 888. The van der Waals surface area contributed by atoms with E-state index in [2.05, 4.69) is 5.32 Å². The number of carbonyl (C=O) groups is 3. The van der Waals surface area contributed by atoms with E-state index in [9.17, 15) is 19.5 Å². The molecule has 0 bridgehead atoms. The first-order valence-electron chi connectivity index (χ1n) is 10.1. The molecule has 1 saturated heterocycles. The molecule has 1 atom stereocenters. The quantitative estimate of drug-likeness (QED) is 0.691. The highest BCUT2D eigenvalue weighted by Gasteiger charge is 2.28. The van der Waals surface area contributed by atoms with Crippen LogP contribution in [0.25, 0.3) is 6.08 Å². The minimum Gasteiger partial charge on any atom is -0.481 e. The van der Waals surface area contributed by atoms with Crippen LogP contribution in [0.15, 0.2) is 66.7 Å². The third-order valence-corrected chi connectivity index (χ3v) is 5.29. The summed E-state index contributed by atoms with van der Waals surface area (Å²) in [4.78, 5) is 38.1. The summed E-state index contributed by atoms with van der Waals surface area (Å²) in [5.74, 6) is -1.41. The second-order valence-corrected chi connectivity index (χ2v) is 7.41. The fourth-order valence-corrected chi connectivity index (χ4v) is 3.60. The van der Waals surface area contributed by atoms with Gasteiger partial charge in [0.2, 0.25) is 11.8 Å². The van der Waals surface area contributed by atoms with E-state index in [1.807, 2.05) is 60.7 Å². The van der Waals surface area contributed by atoms with Gasteiger partial charge in [0.05, 0.1) is 12.5 Å². The van der Waals surface area contributed by atoms with Crippen LogP contribution in [0.3, 0.4) is 0 Å². The predicted molar refractivity (Wildman–Crippen MR) is 114 cm³/mol. The lowest BCUT2D eigenvalue weighted by Crippen LogP contribution is -2.43. The number of carboxylic acid groups (broad SMARTS) is 1. The number of rotatable bonds is 7. The van der Waals surface area contributed by atoms with Crippen LogP contribution in [-0.4, -0.2) is 40.9 Å². The zero-order chi connectivity index (χ0) is 21.3. The smallest absolute Gasteiger partial charge is 0.305 e. The van der Waals surface area contributed by atoms with Crippen molar-refractivity contribution in [3.63, 3.8) is 0 Å². The number of nitrogens with zero attached hydrogens (tertiary/aromatic N) is 1. The van der Waals surface area contributed by atoms with Crippen LogP contribution in [0.4, 0.5) is 0 Å². The molecule has 1 aliphatic rings. The Morgan fingerprint density at radius 3 is 2.20 bits per heavy atom. The number of aliphatic carboxylic acids is 1. The molecule has 6 heteroatoms. The summed E-state index contributed by atoms with van der Waals surface area (Å²) in [5.41, 5.74) is 1.73. The molecule has 0 radical (unpaired) electrons. The number of likely N-dealkylation sites (tertiary alicyclic amines) is 1. The predicted octanol–water partition coefficient (Wildman–Crippen LogP) is 3.27. The van der Waals surface area contributed by atoms with Crippen molar-refractivity contribution < 1.29 is 19.5 Å². The third kappa shape index (κ3) is 6.04. The van der Waals surface area contributed by atoms with Gasteiger partial charge in [0, 0.05) is 25.1 Å². The Morgan fingerprint density at radius 1 is 1.00 bits per heavy atom. The molecule has 2 aromatic rings. The molecule has 0 spiro atoms. The molecule has 30 heavy (non-hydrogen) atoms. The minimum atomic E-state index is -0.963. The monoisotopic (exact) mass is 406 g/mol. The van der Waals surface area contributed by atoms with Gasteiger partial charge in [-0.15, -0.1) is 0 Å². The maximum absolute atomic E-state index is 12.7. The molecular weight excluding hydrogens is 380 g/mol. The lowest BCUT2D eigenvalue weighted by atomic mass is 9.94. The van der Waals surface area contributed by atoms with E-state index >= 15 is 0 Å². The van der Waals surface area contributed by atoms with Gasteiger partial charge in [-0.05, 0) is 30.0 Å². The van der Waals surface area contributed by atoms with Crippen molar-refractivity contribution in [1.82, 2.24) is 10.2 Å². The zero-order valence-electron chi connectivity index (χ0n) is 16.7. The number of piperidine rings is 1. The summed E-state index contributed by atoms with van der Waals surface area (Å²) in [7, 11) is 0. The third-order valence-electron chi connectivity index (χ3n) is 5.29. The van der Waals surface area contributed by atoms with Gasteiger partial charge in [-0.3, -0.25) is 14.4 Å². The van der Waals surface area contributed by atoms with Crippen molar-refractivity contribution >= 4 is 23.9 Å². The van der Waals surface area contributed by atoms with Crippen molar-refractivity contribution in [3.8, 4) is 0 Å². The largest absolute Gasteiger partial charge is 0.481 e. The van der Waals surface area contributed by atoms with E-state index in [1.54, 1.807) is 17.1 Å². The summed E-state index contributed by atoms with van der Waals surface area (Å²) >= 11 is 0. The molecule has 6 nitrogen and oxygen atoms in total. The lowest BCUT2D eigenvalue weighted by molar-refractivity contribution is -0.138. The molecule has 2 amide bonds. The van der Waals surface area contributed by atoms with Crippen molar-refractivity contribution in [3.05, 3.63) is 77.9 Å². The van der Waals surface area contributed by atoms with Crippen LogP contribution in [0, 0.1) is 5.92 Å². The second-order valence-electron chi connectivity index (χ2n) is 7.41. The summed E-state index contributed by atoms with van der Waals surface area (Å²) in [6.07, 6.45) is 4.31. The first-order valence-corrected chi connectivity index (χ1v) is 10.1. The zero-order valence-corrected chi connectivity index (χ0v) is 16.7. The molecule has 2 N–H and O–H groups in total. The SMILES string of the molecule is O=C(O)CC(NC(=O)C1CCN(C(=O)/C=C/c2ccccc2)CC1)c1ccccc1. The van der Waals surface area contributed by atoms with E-state index in [4.69, 9.17) is 0 Å². The van der Waals surface area contributed by atoms with Gasteiger partial charge in [-0.1, -0.05) is 60.7 Å². The van der Waals surface area contributed by atoms with Gasteiger partial charge >= 0.3 is 5.97 Å². The first-order chi connectivity index (χ1) is 14.5. The highest BCUT2D eigenvalue weighted by molar-refractivity contribution is 5.92. The van der Waals surface area contributed by atoms with Crippen LogP contribution in [0.2, 0.25) is 0 Å². The number of nitrogens with one attached hydrogen (secondary N) is 1. The average molecular weight is 406 g/mol. The maximum Gasteiger partial charge on any atom is 0.305 e. The fraction of sp³-hybridized carbons (Fsp3) is 0.292. The number of amides is 2. The molecule has 1 unspecified atom stereocenters. The van der Waals surface area contributed by atoms with Crippen molar-refractivity contribution in [2.75, 3.05) is 13.1 Å².